The van der Waals surface area contributed by atoms with Gasteiger partial charge in [0.25, 0.3) is 0 Å². The van der Waals surface area contributed by atoms with Gasteiger partial charge in [-0.05, 0) is 22.9 Å². The highest BCUT2D eigenvalue weighted by Gasteiger charge is 2.08. The summed E-state index contributed by atoms with van der Waals surface area (Å²) in [6, 6.07) is 1.86. The molecule has 0 bridgehead atoms. The Kier molecular flexibility index (Phi) is 4.47. The molecule has 2 rings (SSSR count). The van der Waals surface area contributed by atoms with E-state index in [1.165, 1.54) is 0 Å². The molecule has 1 N–H and O–H groups in total. The molecule has 0 spiro atoms. The molecular formula is C12H17BrN6. The molecule has 2 aromatic heterocycles. The minimum absolute atomic E-state index is 0.289. The molecule has 0 aliphatic heterocycles. The van der Waals surface area contributed by atoms with Gasteiger partial charge in [-0.3, -0.25) is 0 Å². The Morgan fingerprint density at radius 2 is 2.16 bits per heavy atom. The Hall–Kier alpha value is -1.50. The van der Waals surface area contributed by atoms with Gasteiger partial charge in [-0.2, -0.15) is 0 Å². The van der Waals surface area contributed by atoms with Crippen LogP contribution in [0.4, 0.5) is 5.82 Å². The number of rotatable bonds is 5. The topological polar surface area (TPSA) is 68.5 Å². The zero-order valence-corrected chi connectivity index (χ0v) is 12.8. The number of anilines is 1. The van der Waals surface area contributed by atoms with Crippen LogP contribution in [0.2, 0.25) is 0 Å². The van der Waals surface area contributed by atoms with Crippen molar-refractivity contribution in [2.45, 2.75) is 39.8 Å². The monoisotopic (exact) mass is 324 g/mol. The highest BCUT2D eigenvalue weighted by atomic mass is 79.9. The van der Waals surface area contributed by atoms with Crippen LogP contribution in [0, 0.1) is 0 Å². The summed E-state index contributed by atoms with van der Waals surface area (Å²) < 4.78 is 2.78. The van der Waals surface area contributed by atoms with E-state index in [4.69, 9.17) is 0 Å². The summed E-state index contributed by atoms with van der Waals surface area (Å²) in [6.07, 6.45) is 1.73. The molecule has 19 heavy (non-hydrogen) atoms. The van der Waals surface area contributed by atoms with Gasteiger partial charge < -0.3 is 9.88 Å². The van der Waals surface area contributed by atoms with Gasteiger partial charge in [0.1, 0.15) is 22.6 Å². The molecule has 0 atom stereocenters. The van der Waals surface area contributed by atoms with Crippen LogP contribution in [-0.4, -0.2) is 24.7 Å². The van der Waals surface area contributed by atoms with E-state index >= 15 is 0 Å². The maximum absolute atomic E-state index is 4.48. The van der Waals surface area contributed by atoms with Gasteiger partial charge in [0.15, 0.2) is 5.82 Å². The Balaban J connectivity index is 2.11. The fourth-order valence-corrected chi connectivity index (χ4v) is 2.03. The molecule has 102 valence electrons. The number of nitrogens with zero attached hydrogens (tertiary/aromatic N) is 5. The lowest BCUT2D eigenvalue weighted by Gasteiger charge is -2.09. The van der Waals surface area contributed by atoms with Crippen molar-refractivity contribution in [2.75, 3.05) is 5.32 Å². The van der Waals surface area contributed by atoms with Crippen molar-refractivity contribution in [3.63, 3.8) is 0 Å². The van der Waals surface area contributed by atoms with Crippen molar-refractivity contribution < 1.29 is 0 Å². The molecule has 0 aliphatic carbocycles. The fourth-order valence-electron chi connectivity index (χ4n) is 1.63. The Morgan fingerprint density at radius 3 is 2.84 bits per heavy atom. The third-order valence-electron chi connectivity index (χ3n) is 2.69. The van der Waals surface area contributed by atoms with Crippen LogP contribution in [0.25, 0.3) is 0 Å². The molecule has 0 saturated heterocycles. The van der Waals surface area contributed by atoms with E-state index < -0.39 is 0 Å². The van der Waals surface area contributed by atoms with E-state index in [9.17, 15) is 0 Å². The van der Waals surface area contributed by atoms with Gasteiger partial charge in [0.05, 0.1) is 6.54 Å². The van der Waals surface area contributed by atoms with Crippen molar-refractivity contribution in [3.8, 4) is 0 Å². The minimum Gasteiger partial charge on any atom is -0.363 e. The summed E-state index contributed by atoms with van der Waals surface area (Å²) in [7, 11) is 0. The second-order valence-corrected chi connectivity index (χ2v) is 5.29. The SMILES string of the molecule is CCn1cnnc1CNc1cc(Br)nc(C(C)C)n1. The van der Waals surface area contributed by atoms with Crippen LogP contribution in [0.3, 0.4) is 0 Å². The van der Waals surface area contributed by atoms with Crippen LogP contribution >= 0.6 is 15.9 Å². The van der Waals surface area contributed by atoms with E-state index in [1.807, 2.05) is 10.6 Å². The Bertz CT molecular complexity index is 551. The highest BCUT2D eigenvalue weighted by Crippen LogP contribution is 2.17. The molecule has 0 aromatic carbocycles. The van der Waals surface area contributed by atoms with Crippen LogP contribution in [-0.2, 0) is 13.1 Å². The molecule has 0 aliphatic rings. The lowest BCUT2D eigenvalue weighted by atomic mass is 10.2. The summed E-state index contributed by atoms with van der Waals surface area (Å²) in [5.41, 5.74) is 0. The van der Waals surface area contributed by atoms with Gasteiger partial charge in [-0.15, -0.1) is 10.2 Å². The van der Waals surface area contributed by atoms with Crippen molar-refractivity contribution in [3.05, 3.63) is 28.6 Å². The molecule has 2 heterocycles. The Labute approximate surface area is 120 Å². The number of hydrogen-bond donors (Lipinski definition) is 1. The highest BCUT2D eigenvalue weighted by molar-refractivity contribution is 9.10. The van der Waals surface area contributed by atoms with Crippen molar-refractivity contribution >= 4 is 21.7 Å². The molecule has 7 heteroatoms. The zero-order valence-electron chi connectivity index (χ0n) is 11.3. The van der Waals surface area contributed by atoms with E-state index in [0.717, 1.165) is 28.6 Å². The van der Waals surface area contributed by atoms with Gasteiger partial charge >= 0.3 is 0 Å². The standard InChI is InChI=1S/C12H17BrN6/c1-4-19-7-15-18-11(19)6-14-10-5-9(13)16-12(17-10)8(2)3/h5,7-8H,4,6H2,1-3H3,(H,14,16,17). The van der Waals surface area contributed by atoms with Gasteiger partial charge in [-0.25, -0.2) is 9.97 Å². The Morgan fingerprint density at radius 1 is 1.37 bits per heavy atom. The first-order valence-corrected chi connectivity index (χ1v) is 7.04. The van der Waals surface area contributed by atoms with Crippen LogP contribution in [0.5, 0.6) is 0 Å². The maximum atomic E-state index is 4.48. The van der Waals surface area contributed by atoms with E-state index in [1.54, 1.807) is 6.33 Å². The summed E-state index contributed by atoms with van der Waals surface area (Å²) in [4.78, 5) is 8.82. The number of halogens is 1. The van der Waals surface area contributed by atoms with Crippen LogP contribution < -0.4 is 5.32 Å². The number of hydrogen-bond acceptors (Lipinski definition) is 5. The fraction of sp³-hybridized carbons (Fsp3) is 0.500. The second kappa shape index (κ2) is 6.10. The molecule has 6 nitrogen and oxygen atoms in total. The predicted molar refractivity (Wildman–Crippen MR) is 76.8 cm³/mol. The lowest BCUT2D eigenvalue weighted by Crippen LogP contribution is -2.10. The quantitative estimate of drug-likeness (QED) is 0.856. The molecule has 0 amide bonds. The minimum atomic E-state index is 0.289. The van der Waals surface area contributed by atoms with E-state index in [-0.39, 0.29) is 5.92 Å². The average Bonchev–Trinajstić information content (AvgIpc) is 2.83. The number of aromatic nitrogens is 5. The summed E-state index contributed by atoms with van der Waals surface area (Å²) >= 11 is 3.40. The molecule has 0 radical (unpaired) electrons. The van der Waals surface area contributed by atoms with E-state index in [2.05, 4.69) is 62.2 Å². The van der Waals surface area contributed by atoms with Gasteiger partial charge in [-0.1, -0.05) is 13.8 Å². The summed E-state index contributed by atoms with van der Waals surface area (Å²) in [5.74, 6) is 2.78. The maximum Gasteiger partial charge on any atom is 0.152 e. The predicted octanol–water partition coefficient (Wildman–Crippen LogP) is 2.59. The first-order chi connectivity index (χ1) is 9.10. The third-order valence-corrected chi connectivity index (χ3v) is 3.10. The zero-order chi connectivity index (χ0) is 13.8. The molecule has 0 fully saturated rings. The largest absolute Gasteiger partial charge is 0.363 e. The normalized spacial score (nSPS) is 11.0. The van der Waals surface area contributed by atoms with Crippen molar-refractivity contribution in [1.82, 2.24) is 24.7 Å². The lowest BCUT2D eigenvalue weighted by molar-refractivity contribution is 0.705. The number of aryl methyl sites for hydroxylation is 1. The molecule has 0 unspecified atom stereocenters. The summed E-state index contributed by atoms with van der Waals surface area (Å²) in [5, 5.41) is 11.2. The molecule has 0 saturated carbocycles. The second-order valence-electron chi connectivity index (χ2n) is 4.48. The summed E-state index contributed by atoms with van der Waals surface area (Å²) in [6.45, 7) is 7.65. The smallest absolute Gasteiger partial charge is 0.152 e. The molecule has 2 aromatic rings. The first-order valence-electron chi connectivity index (χ1n) is 6.25. The van der Waals surface area contributed by atoms with E-state index in [0.29, 0.717) is 6.54 Å². The first kappa shape index (κ1) is 13.9. The third kappa shape index (κ3) is 3.50. The van der Waals surface area contributed by atoms with Crippen molar-refractivity contribution in [1.29, 1.82) is 0 Å². The van der Waals surface area contributed by atoms with Crippen LogP contribution in [0.1, 0.15) is 38.3 Å². The van der Waals surface area contributed by atoms with Gasteiger partial charge in [0, 0.05) is 18.5 Å². The van der Waals surface area contributed by atoms with Crippen LogP contribution in [0.15, 0.2) is 17.0 Å². The van der Waals surface area contributed by atoms with Crippen molar-refractivity contribution in [2.24, 2.45) is 0 Å². The molecular weight excluding hydrogens is 308 g/mol. The van der Waals surface area contributed by atoms with Gasteiger partial charge in [0.2, 0.25) is 0 Å². The average molecular weight is 325 g/mol. The number of nitrogens with one attached hydrogen (secondary N) is 1.